The molecule has 1 aromatic rings. The molecular formula is C19H27NO. The molecule has 2 nitrogen and oxygen atoms in total. The molecule has 2 aliphatic carbocycles. The van der Waals surface area contributed by atoms with Gasteiger partial charge in [-0.05, 0) is 37.7 Å². The van der Waals surface area contributed by atoms with Gasteiger partial charge in [-0.3, -0.25) is 4.79 Å². The number of carbonyl (C=O) groups excluding carboxylic acids is 1. The smallest absolute Gasteiger partial charge is 0.133 e. The van der Waals surface area contributed by atoms with Gasteiger partial charge in [-0.1, -0.05) is 49.4 Å². The van der Waals surface area contributed by atoms with Crippen molar-refractivity contribution >= 4 is 11.9 Å². The Morgan fingerprint density at radius 1 is 1.05 bits per heavy atom. The second-order valence-corrected chi connectivity index (χ2v) is 5.98. The largest absolute Gasteiger partial charge is 0.311 e. The van der Waals surface area contributed by atoms with Crippen LogP contribution in [0.2, 0.25) is 0 Å². The Labute approximate surface area is 128 Å². The van der Waals surface area contributed by atoms with E-state index in [4.69, 9.17) is 0 Å². The van der Waals surface area contributed by atoms with Gasteiger partial charge in [0, 0.05) is 24.9 Å². The summed E-state index contributed by atoms with van der Waals surface area (Å²) in [6.07, 6.45) is 11.9. The van der Waals surface area contributed by atoms with Crippen LogP contribution in [0, 0.1) is 0 Å². The fourth-order valence-corrected chi connectivity index (χ4v) is 2.51. The van der Waals surface area contributed by atoms with Gasteiger partial charge in [-0.25, -0.2) is 0 Å². The van der Waals surface area contributed by atoms with Crippen molar-refractivity contribution in [3.8, 4) is 0 Å². The summed E-state index contributed by atoms with van der Waals surface area (Å²) >= 11 is 0. The van der Waals surface area contributed by atoms with Crippen LogP contribution in [0.1, 0.15) is 57.4 Å². The SMILES string of the molecule is CC/C=C\c1ccccc1.O=C1CCC(NC2CC2)CC1. The zero-order chi connectivity index (χ0) is 14.9. The summed E-state index contributed by atoms with van der Waals surface area (Å²) in [4.78, 5) is 10.9. The summed E-state index contributed by atoms with van der Waals surface area (Å²) in [5.41, 5.74) is 1.28. The number of hydrogen-bond donors (Lipinski definition) is 1. The van der Waals surface area contributed by atoms with Crippen molar-refractivity contribution in [2.24, 2.45) is 0 Å². The highest BCUT2D eigenvalue weighted by atomic mass is 16.1. The van der Waals surface area contributed by atoms with Crippen molar-refractivity contribution in [2.75, 3.05) is 0 Å². The normalized spacial score (nSPS) is 19.4. The quantitative estimate of drug-likeness (QED) is 0.890. The van der Waals surface area contributed by atoms with Gasteiger partial charge in [0.15, 0.2) is 0 Å². The van der Waals surface area contributed by atoms with Gasteiger partial charge < -0.3 is 5.32 Å². The predicted molar refractivity (Wildman–Crippen MR) is 89.2 cm³/mol. The number of carbonyl (C=O) groups is 1. The molecule has 2 aliphatic rings. The van der Waals surface area contributed by atoms with Gasteiger partial charge in [-0.2, -0.15) is 0 Å². The topological polar surface area (TPSA) is 29.1 Å². The monoisotopic (exact) mass is 285 g/mol. The standard InChI is InChI=1S/C10H12.C9H15NO/c1-2-3-7-10-8-5-4-6-9-10;11-9-5-3-8(4-6-9)10-7-1-2-7/h3-9H,2H2,1H3;7-8,10H,1-6H2/b7-3-;. The molecule has 0 bridgehead atoms. The molecule has 0 aromatic heterocycles. The molecular weight excluding hydrogens is 258 g/mol. The zero-order valence-corrected chi connectivity index (χ0v) is 13.1. The van der Waals surface area contributed by atoms with Crippen molar-refractivity contribution in [1.29, 1.82) is 0 Å². The lowest BCUT2D eigenvalue weighted by Gasteiger charge is -2.21. The van der Waals surface area contributed by atoms with E-state index in [1.54, 1.807) is 0 Å². The van der Waals surface area contributed by atoms with Crippen LogP contribution < -0.4 is 5.32 Å². The highest BCUT2D eigenvalue weighted by Gasteiger charge is 2.26. The molecule has 2 saturated carbocycles. The van der Waals surface area contributed by atoms with Crippen LogP contribution >= 0.6 is 0 Å². The number of benzene rings is 1. The van der Waals surface area contributed by atoms with Gasteiger partial charge in [0.05, 0.1) is 0 Å². The van der Waals surface area contributed by atoms with Gasteiger partial charge >= 0.3 is 0 Å². The minimum absolute atomic E-state index is 0.457. The number of ketones is 1. The van der Waals surface area contributed by atoms with Crippen LogP contribution in [0.4, 0.5) is 0 Å². The van der Waals surface area contributed by atoms with Crippen LogP contribution in [-0.4, -0.2) is 17.9 Å². The van der Waals surface area contributed by atoms with E-state index in [0.29, 0.717) is 11.8 Å². The number of allylic oxidation sites excluding steroid dienone is 1. The Hall–Kier alpha value is -1.41. The molecule has 0 radical (unpaired) electrons. The van der Waals surface area contributed by atoms with E-state index >= 15 is 0 Å². The van der Waals surface area contributed by atoms with Gasteiger partial charge in [0.25, 0.3) is 0 Å². The Morgan fingerprint density at radius 2 is 1.67 bits per heavy atom. The molecule has 0 saturated heterocycles. The average Bonchev–Trinajstić information content (AvgIpc) is 3.33. The van der Waals surface area contributed by atoms with E-state index < -0.39 is 0 Å². The Bertz CT molecular complexity index is 438. The number of rotatable bonds is 4. The second-order valence-electron chi connectivity index (χ2n) is 5.98. The molecule has 0 unspecified atom stereocenters. The van der Waals surface area contributed by atoms with Crippen molar-refractivity contribution in [3.05, 3.63) is 42.0 Å². The highest BCUT2D eigenvalue weighted by molar-refractivity contribution is 5.79. The minimum Gasteiger partial charge on any atom is -0.311 e. The molecule has 2 fully saturated rings. The Balaban J connectivity index is 0.000000155. The lowest BCUT2D eigenvalue weighted by molar-refractivity contribution is -0.120. The molecule has 0 atom stereocenters. The van der Waals surface area contributed by atoms with Crippen molar-refractivity contribution < 1.29 is 4.79 Å². The van der Waals surface area contributed by atoms with Crippen LogP contribution in [-0.2, 0) is 4.79 Å². The van der Waals surface area contributed by atoms with E-state index in [0.717, 1.165) is 38.1 Å². The van der Waals surface area contributed by atoms with Gasteiger partial charge in [0.2, 0.25) is 0 Å². The first-order chi connectivity index (χ1) is 10.3. The molecule has 1 N–H and O–H groups in total. The first kappa shape index (κ1) is 16.0. The highest BCUT2D eigenvalue weighted by Crippen LogP contribution is 2.23. The molecule has 1 aromatic carbocycles. The van der Waals surface area contributed by atoms with E-state index in [1.165, 1.54) is 18.4 Å². The third-order valence-electron chi connectivity index (χ3n) is 3.94. The molecule has 3 rings (SSSR count). The van der Waals surface area contributed by atoms with Crippen LogP contribution in [0.5, 0.6) is 0 Å². The summed E-state index contributed by atoms with van der Waals surface area (Å²) < 4.78 is 0. The van der Waals surface area contributed by atoms with Crippen LogP contribution in [0.15, 0.2) is 36.4 Å². The first-order valence-corrected chi connectivity index (χ1v) is 8.27. The fourth-order valence-electron chi connectivity index (χ4n) is 2.51. The Morgan fingerprint density at radius 3 is 2.24 bits per heavy atom. The maximum Gasteiger partial charge on any atom is 0.133 e. The molecule has 0 spiro atoms. The number of hydrogen-bond acceptors (Lipinski definition) is 2. The number of Topliss-reactive ketones (excluding diaryl/α,β-unsaturated/α-hetero) is 1. The third kappa shape index (κ3) is 6.72. The molecule has 2 heteroatoms. The van der Waals surface area contributed by atoms with E-state index in [-0.39, 0.29) is 0 Å². The number of nitrogens with one attached hydrogen (secondary N) is 1. The fraction of sp³-hybridized carbons (Fsp3) is 0.526. The van der Waals surface area contributed by atoms with Crippen molar-refractivity contribution in [1.82, 2.24) is 5.32 Å². The zero-order valence-electron chi connectivity index (χ0n) is 13.1. The van der Waals surface area contributed by atoms with Gasteiger partial charge in [0.1, 0.15) is 5.78 Å². The summed E-state index contributed by atoms with van der Waals surface area (Å²) in [5.74, 6) is 0.457. The van der Waals surface area contributed by atoms with Gasteiger partial charge in [-0.15, -0.1) is 0 Å². The lowest BCUT2D eigenvalue weighted by atomic mass is 9.94. The third-order valence-corrected chi connectivity index (χ3v) is 3.94. The molecule has 0 amide bonds. The minimum atomic E-state index is 0.457. The van der Waals surface area contributed by atoms with Crippen LogP contribution in [0.25, 0.3) is 6.08 Å². The lowest BCUT2D eigenvalue weighted by Crippen LogP contribution is -2.34. The second kappa shape index (κ2) is 8.78. The van der Waals surface area contributed by atoms with Crippen molar-refractivity contribution in [3.63, 3.8) is 0 Å². The molecule has 21 heavy (non-hydrogen) atoms. The molecule has 0 aliphatic heterocycles. The average molecular weight is 285 g/mol. The summed E-state index contributed by atoms with van der Waals surface area (Å²) in [7, 11) is 0. The molecule has 0 heterocycles. The molecule has 114 valence electrons. The summed E-state index contributed by atoms with van der Waals surface area (Å²) in [6.45, 7) is 2.14. The van der Waals surface area contributed by atoms with Crippen LogP contribution in [0.3, 0.4) is 0 Å². The summed E-state index contributed by atoms with van der Waals surface area (Å²) in [6, 6.07) is 11.8. The van der Waals surface area contributed by atoms with E-state index in [2.05, 4.69) is 48.7 Å². The predicted octanol–water partition coefficient (Wildman–Crippen LogP) is 4.36. The maximum atomic E-state index is 10.9. The van der Waals surface area contributed by atoms with E-state index in [9.17, 15) is 4.79 Å². The summed E-state index contributed by atoms with van der Waals surface area (Å²) in [5, 5.41) is 3.56. The van der Waals surface area contributed by atoms with Crippen molar-refractivity contribution in [2.45, 2.75) is 64.0 Å². The maximum absolute atomic E-state index is 10.9. The first-order valence-electron chi connectivity index (χ1n) is 8.27. The van der Waals surface area contributed by atoms with E-state index in [1.807, 2.05) is 6.07 Å². The Kier molecular flexibility index (Phi) is 6.68.